The number of aromatic nitrogens is 1. The summed E-state index contributed by atoms with van der Waals surface area (Å²) in [4.78, 5) is 13.2. The van der Waals surface area contributed by atoms with E-state index in [1.54, 1.807) is 0 Å². The van der Waals surface area contributed by atoms with Crippen LogP contribution in [0.25, 0.3) is 16.5 Å². The smallest absolute Gasteiger partial charge is 0.269 e. The van der Waals surface area contributed by atoms with Crippen LogP contribution in [-0.2, 0) is 12.8 Å². The van der Waals surface area contributed by atoms with Gasteiger partial charge in [0.15, 0.2) is 6.61 Å². The van der Waals surface area contributed by atoms with Crippen molar-refractivity contribution >= 4 is 28.1 Å². The first-order valence-corrected chi connectivity index (χ1v) is 10.8. The quantitative estimate of drug-likeness (QED) is 0.600. The van der Waals surface area contributed by atoms with Gasteiger partial charge in [-0.25, -0.2) is 0 Å². The summed E-state index contributed by atoms with van der Waals surface area (Å²) >= 11 is 0. The lowest BCUT2D eigenvalue weighted by Gasteiger charge is -2.31. The van der Waals surface area contributed by atoms with E-state index in [-0.39, 0.29) is 18.1 Å². The van der Waals surface area contributed by atoms with Crippen molar-refractivity contribution < 1.29 is 9.53 Å². The normalized spacial score (nSPS) is 17.0. The van der Waals surface area contributed by atoms with Gasteiger partial charge in [0.25, 0.3) is 5.91 Å². The molecule has 2 aromatic carbocycles. The number of para-hydroxylation sites is 1. The van der Waals surface area contributed by atoms with Crippen LogP contribution in [-0.4, -0.2) is 22.6 Å². The summed E-state index contributed by atoms with van der Waals surface area (Å²) in [7, 11) is 0. The Kier molecular flexibility index (Phi) is 4.46. The van der Waals surface area contributed by atoms with Crippen molar-refractivity contribution in [1.82, 2.24) is 4.57 Å². The zero-order valence-electron chi connectivity index (χ0n) is 17.9. The van der Waals surface area contributed by atoms with Gasteiger partial charge in [-0.3, -0.25) is 9.36 Å². The number of allylic oxidation sites excluding steroid dienone is 1. The van der Waals surface area contributed by atoms with Crippen molar-refractivity contribution in [3.63, 3.8) is 0 Å². The molecule has 0 unspecified atom stereocenters. The number of aryl methyl sites for hydroxylation is 1. The molecular formula is C26H28N2O2. The Morgan fingerprint density at radius 1 is 1.13 bits per heavy atom. The second-order valence-electron chi connectivity index (χ2n) is 9.05. The zero-order valence-corrected chi connectivity index (χ0v) is 17.9. The van der Waals surface area contributed by atoms with Gasteiger partial charge in [0.2, 0.25) is 0 Å². The first-order valence-electron chi connectivity index (χ1n) is 10.8. The Morgan fingerprint density at radius 2 is 1.93 bits per heavy atom. The minimum absolute atomic E-state index is 0.00130. The summed E-state index contributed by atoms with van der Waals surface area (Å²) in [6, 6.07) is 14.3. The molecule has 1 aromatic heterocycles. The predicted molar refractivity (Wildman–Crippen MR) is 122 cm³/mol. The zero-order chi connectivity index (χ0) is 20.9. The number of hydrogen-bond acceptors (Lipinski definition) is 3. The van der Waals surface area contributed by atoms with Crippen molar-refractivity contribution in [2.45, 2.75) is 52.0 Å². The van der Waals surface area contributed by atoms with Crippen LogP contribution >= 0.6 is 0 Å². The Morgan fingerprint density at radius 3 is 2.80 bits per heavy atom. The summed E-state index contributed by atoms with van der Waals surface area (Å²) in [5.41, 5.74) is 6.90. The molecule has 5 rings (SSSR count). The lowest BCUT2D eigenvalue weighted by molar-refractivity contribution is 0.0839. The number of anilines is 1. The second-order valence-corrected chi connectivity index (χ2v) is 9.05. The fourth-order valence-electron chi connectivity index (χ4n) is 5.04. The van der Waals surface area contributed by atoms with Crippen LogP contribution in [0.2, 0.25) is 0 Å². The molecule has 0 radical (unpaired) electrons. The van der Waals surface area contributed by atoms with E-state index in [0.717, 1.165) is 41.8 Å². The van der Waals surface area contributed by atoms with Crippen LogP contribution in [0, 0.1) is 0 Å². The topological polar surface area (TPSA) is 43.3 Å². The standard InChI is InChI=1S/C26H28N2O2/c1-17-15-26(2,3)27-22-13-12-18(14-21(17)22)30-16-25(29)28-23-10-6-4-8-19(23)20-9-5-7-11-24(20)28/h4,6,8,10,12-15,27H,5,7,9,11,16H2,1-3H3. The first-order chi connectivity index (χ1) is 14.4. The number of carbonyl (C=O) groups is 1. The molecule has 3 aromatic rings. The van der Waals surface area contributed by atoms with Crippen LogP contribution in [0.1, 0.15) is 55.2 Å². The van der Waals surface area contributed by atoms with Crippen LogP contribution in [0.3, 0.4) is 0 Å². The molecule has 0 bridgehead atoms. The van der Waals surface area contributed by atoms with E-state index in [2.05, 4.69) is 44.3 Å². The Labute approximate surface area is 177 Å². The highest BCUT2D eigenvalue weighted by Gasteiger charge is 2.24. The van der Waals surface area contributed by atoms with Crippen molar-refractivity contribution in [3.8, 4) is 5.75 Å². The molecule has 2 aliphatic rings. The molecule has 0 spiro atoms. The third kappa shape index (κ3) is 3.20. The molecule has 30 heavy (non-hydrogen) atoms. The fourth-order valence-corrected chi connectivity index (χ4v) is 5.04. The molecule has 4 nitrogen and oxygen atoms in total. The summed E-state index contributed by atoms with van der Waals surface area (Å²) in [6.45, 7) is 6.47. The summed E-state index contributed by atoms with van der Waals surface area (Å²) in [5.74, 6) is 0.722. The molecule has 0 fully saturated rings. The van der Waals surface area contributed by atoms with Crippen molar-refractivity contribution in [3.05, 3.63) is 65.4 Å². The predicted octanol–water partition coefficient (Wildman–Crippen LogP) is 5.85. The van der Waals surface area contributed by atoms with Gasteiger partial charge in [-0.2, -0.15) is 0 Å². The van der Waals surface area contributed by atoms with Crippen LogP contribution in [0.15, 0.2) is 48.5 Å². The molecule has 0 saturated carbocycles. The molecule has 2 heterocycles. The van der Waals surface area contributed by atoms with Gasteiger partial charge in [-0.15, -0.1) is 0 Å². The average molecular weight is 401 g/mol. The number of hydrogen-bond donors (Lipinski definition) is 1. The maximum absolute atomic E-state index is 13.2. The van der Waals surface area contributed by atoms with E-state index in [9.17, 15) is 4.79 Å². The van der Waals surface area contributed by atoms with E-state index in [1.807, 2.05) is 34.9 Å². The van der Waals surface area contributed by atoms with E-state index >= 15 is 0 Å². The van der Waals surface area contributed by atoms with Crippen molar-refractivity contribution in [2.75, 3.05) is 11.9 Å². The fraction of sp³-hybridized carbons (Fsp3) is 0.346. The van der Waals surface area contributed by atoms with Crippen LogP contribution in [0.4, 0.5) is 5.69 Å². The van der Waals surface area contributed by atoms with E-state index in [1.165, 1.54) is 28.6 Å². The molecule has 1 aliphatic carbocycles. The number of fused-ring (bicyclic) bond motifs is 4. The summed E-state index contributed by atoms with van der Waals surface area (Å²) in [5, 5.41) is 4.74. The number of nitrogens with one attached hydrogen (secondary N) is 1. The molecule has 4 heteroatoms. The molecular weight excluding hydrogens is 372 g/mol. The highest BCUT2D eigenvalue weighted by atomic mass is 16.5. The largest absolute Gasteiger partial charge is 0.484 e. The highest BCUT2D eigenvalue weighted by molar-refractivity contribution is 5.97. The lowest BCUT2D eigenvalue weighted by Crippen LogP contribution is -2.31. The Bertz CT molecular complexity index is 1180. The third-order valence-corrected chi connectivity index (χ3v) is 6.24. The van der Waals surface area contributed by atoms with Crippen LogP contribution < -0.4 is 10.1 Å². The van der Waals surface area contributed by atoms with E-state index in [0.29, 0.717) is 0 Å². The minimum atomic E-state index is -0.0655. The maximum Gasteiger partial charge on any atom is 0.269 e. The minimum Gasteiger partial charge on any atom is -0.484 e. The number of nitrogens with zero attached hydrogens (tertiary/aromatic N) is 1. The third-order valence-electron chi connectivity index (χ3n) is 6.24. The number of benzene rings is 2. The monoisotopic (exact) mass is 400 g/mol. The highest BCUT2D eigenvalue weighted by Crippen LogP contribution is 2.36. The van der Waals surface area contributed by atoms with Gasteiger partial charge in [-0.1, -0.05) is 24.3 Å². The van der Waals surface area contributed by atoms with Gasteiger partial charge in [0.05, 0.1) is 11.1 Å². The van der Waals surface area contributed by atoms with Gasteiger partial charge in [0, 0.05) is 22.3 Å². The molecule has 0 atom stereocenters. The van der Waals surface area contributed by atoms with Gasteiger partial charge < -0.3 is 10.1 Å². The van der Waals surface area contributed by atoms with Gasteiger partial charge in [-0.05, 0) is 81.9 Å². The number of carbonyl (C=O) groups excluding carboxylic acids is 1. The van der Waals surface area contributed by atoms with Crippen molar-refractivity contribution in [1.29, 1.82) is 0 Å². The molecule has 0 saturated heterocycles. The average Bonchev–Trinajstić information content (AvgIpc) is 3.06. The van der Waals surface area contributed by atoms with E-state index in [4.69, 9.17) is 4.74 Å². The maximum atomic E-state index is 13.2. The summed E-state index contributed by atoms with van der Waals surface area (Å²) in [6.07, 6.45) is 6.56. The Hall–Kier alpha value is -3.01. The number of rotatable bonds is 3. The van der Waals surface area contributed by atoms with Gasteiger partial charge in [0.1, 0.15) is 5.75 Å². The van der Waals surface area contributed by atoms with E-state index < -0.39 is 0 Å². The SMILES string of the molecule is CC1=CC(C)(C)Nc2ccc(OCC(=O)n3c4c(c5ccccc53)CCCC4)cc21. The molecule has 1 N–H and O–H groups in total. The van der Waals surface area contributed by atoms with Crippen LogP contribution in [0.5, 0.6) is 5.75 Å². The Balaban J connectivity index is 1.41. The van der Waals surface area contributed by atoms with Crippen molar-refractivity contribution in [2.24, 2.45) is 0 Å². The second kappa shape index (κ2) is 7.05. The first kappa shape index (κ1) is 19.0. The number of ether oxygens (including phenoxy) is 1. The lowest BCUT2D eigenvalue weighted by atomic mass is 9.91. The van der Waals surface area contributed by atoms with Gasteiger partial charge >= 0.3 is 0 Å². The molecule has 154 valence electrons. The summed E-state index contributed by atoms with van der Waals surface area (Å²) < 4.78 is 7.87. The molecule has 0 amide bonds. The molecule has 1 aliphatic heterocycles.